The van der Waals surface area contributed by atoms with Crippen molar-refractivity contribution in [2.24, 2.45) is 0 Å². The molecule has 2 N–H and O–H groups in total. The second-order valence-corrected chi connectivity index (χ2v) is 4.86. The zero-order valence-corrected chi connectivity index (χ0v) is 11.2. The summed E-state index contributed by atoms with van der Waals surface area (Å²) in [7, 11) is 0. The minimum Gasteiger partial charge on any atom is -0.444 e. The van der Waals surface area contributed by atoms with E-state index in [1.54, 1.807) is 6.92 Å². The summed E-state index contributed by atoms with van der Waals surface area (Å²) in [6, 6.07) is 0.393. The van der Waals surface area contributed by atoms with Gasteiger partial charge < -0.3 is 19.9 Å². The van der Waals surface area contributed by atoms with E-state index >= 15 is 0 Å². The Labute approximate surface area is 106 Å². The van der Waals surface area contributed by atoms with Gasteiger partial charge in [-0.15, -0.1) is 0 Å². The van der Waals surface area contributed by atoms with Crippen molar-refractivity contribution in [1.82, 2.24) is 15.5 Å². The molecule has 0 fully saturated rings. The first-order valence-corrected chi connectivity index (χ1v) is 5.88. The van der Waals surface area contributed by atoms with E-state index in [2.05, 4.69) is 20.8 Å². The van der Waals surface area contributed by atoms with Gasteiger partial charge in [0.1, 0.15) is 5.60 Å². The summed E-state index contributed by atoms with van der Waals surface area (Å²) in [6.07, 6.45) is 0.330. The first-order valence-electron chi connectivity index (χ1n) is 5.88. The molecule has 1 amide bonds. The number of carbonyl (C=O) groups excluding carboxylic acids is 1. The van der Waals surface area contributed by atoms with E-state index in [1.807, 2.05) is 20.8 Å². The number of hydrogen-bond donors (Lipinski definition) is 2. The van der Waals surface area contributed by atoms with E-state index in [-0.39, 0.29) is 0 Å². The number of ether oxygens (including phenoxy) is 1. The Kier molecular flexibility index (Phi) is 4.94. The van der Waals surface area contributed by atoms with Crippen LogP contribution in [0.2, 0.25) is 0 Å². The molecule has 1 aromatic heterocycles. The molecule has 1 rings (SSSR count). The Balaban J connectivity index is 2.07. The van der Waals surface area contributed by atoms with Gasteiger partial charge in [-0.3, -0.25) is 0 Å². The molecule has 0 atom stereocenters. The predicted molar refractivity (Wildman–Crippen MR) is 66.4 cm³/mol. The molecule has 0 aliphatic heterocycles. The summed E-state index contributed by atoms with van der Waals surface area (Å²) in [6.45, 7) is 8.38. The van der Waals surface area contributed by atoms with Crippen molar-refractivity contribution in [2.45, 2.75) is 39.7 Å². The van der Waals surface area contributed by atoms with Crippen molar-refractivity contribution in [3.8, 4) is 0 Å². The van der Waals surface area contributed by atoms with Crippen LogP contribution >= 0.6 is 0 Å². The average Bonchev–Trinajstić information content (AvgIpc) is 2.61. The van der Waals surface area contributed by atoms with Crippen LogP contribution in [-0.4, -0.2) is 34.9 Å². The van der Waals surface area contributed by atoms with Gasteiger partial charge in [0.05, 0.1) is 0 Å². The van der Waals surface area contributed by atoms with Crippen molar-refractivity contribution >= 4 is 12.1 Å². The molecule has 0 radical (unpaired) electrons. The van der Waals surface area contributed by atoms with Crippen LogP contribution in [0.15, 0.2) is 4.52 Å². The standard InChI is InChI=1S/C11H20N4O3/c1-8-14-9(18-15-8)12-6-5-7-13-10(16)17-11(2,3)4/h5-7H2,1-4H3,(H,13,16)(H,12,14,15). The topological polar surface area (TPSA) is 89.3 Å². The highest BCUT2D eigenvalue weighted by Crippen LogP contribution is 2.06. The Morgan fingerprint density at radius 1 is 1.39 bits per heavy atom. The van der Waals surface area contributed by atoms with Crippen molar-refractivity contribution in [2.75, 3.05) is 18.4 Å². The number of aromatic nitrogens is 2. The van der Waals surface area contributed by atoms with Gasteiger partial charge in [0, 0.05) is 13.1 Å². The Hall–Kier alpha value is -1.79. The summed E-state index contributed by atoms with van der Waals surface area (Å²) >= 11 is 0. The zero-order valence-electron chi connectivity index (χ0n) is 11.2. The maximum absolute atomic E-state index is 11.3. The largest absolute Gasteiger partial charge is 0.444 e. The number of nitrogens with zero attached hydrogens (tertiary/aromatic N) is 2. The normalized spacial score (nSPS) is 11.1. The molecule has 0 bridgehead atoms. The van der Waals surface area contributed by atoms with Gasteiger partial charge in [-0.05, 0) is 34.1 Å². The Morgan fingerprint density at radius 2 is 2.11 bits per heavy atom. The van der Waals surface area contributed by atoms with Gasteiger partial charge in [0.15, 0.2) is 5.82 Å². The molecular formula is C11H20N4O3. The smallest absolute Gasteiger partial charge is 0.407 e. The molecule has 0 saturated heterocycles. The molecular weight excluding hydrogens is 236 g/mol. The van der Waals surface area contributed by atoms with Crippen LogP contribution in [0.4, 0.5) is 10.8 Å². The van der Waals surface area contributed by atoms with Gasteiger partial charge >= 0.3 is 12.1 Å². The van der Waals surface area contributed by atoms with Crippen LogP contribution in [0, 0.1) is 6.92 Å². The van der Waals surface area contributed by atoms with Crippen LogP contribution < -0.4 is 10.6 Å². The monoisotopic (exact) mass is 256 g/mol. The highest BCUT2D eigenvalue weighted by atomic mass is 16.6. The van der Waals surface area contributed by atoms with Gasteiger partial charge in [-0.2, -0.15) is 4.98 Å². The molecule has 1 heterocycles. The molecule has 0 unspecified atom stereocenters. The van der Waals surface area contributed by atoms with E-state index in [0.717, 1.165) is 6.42 Å². The second-order valence-electron chi connectivity index (χ2n) is 4.86. The van der Waals surface area contributed by atoms with Crippen LogP contribution in [0.1, 0.15) is 33.0 Å². The molecule has 7 heteroatoms. The summed E-state index contributed by atoms with van der Waals surface area (Å²) in [4.78, 5) is 15.3. The third kappa shape index (κ3) is 6.07. The van der Waals surface area contributed by atoms with Crippen molar-refractivity contribution in [3.05, 3.63) is 5.82 Å². The van der Waals surface area contributed by atoms with Gasteiger partial charge in [-0.1, -0.05) is 5.16 Å². The summed E-state index contributed by atoms with van der Waals surface area (Å²) in [5.41, 5.74) is -0.469. The quantitative estimate of drug-likeness (QED) is 0.779. The fourth-order valence-corrected chi connectivity index (χ4v) is 1.16. The minimum absolute atomic E-state index is 0.393. The van der Waals surface area contributed by atoms with E-state index in [1.165, 1.54) is 0 Å². The lowest BCUT2D eigenvalue weighted by atomic mass is 10.2. The highest BCUT2D eigenvalue weighted by Gasteiger charge is 2.15. The van der Waals surface area contributed by atoms with E-state index in [9.17, 15) is 4.79 Å². The second kappa shape index (κ2) is 6.23. The fourth-order valence-electron chi connectivity index (χ4n) is 1.16. The number of carbonyl (C=O) groups is 1. The van der Waals surface area contributed by atoms with Crippen LogP contribution in [-0.2, 0) is 4.74 Å². The molecule has 0 aromatic carbocycles. The zero-order chi connectivity index (χ0) is 13.6. The number of anilines is 1. The lowest BCUT2D eigenvalue weighted by Crippen LogP contribution is -2.33. The Bertz CT molecular complexity index is 384. The van der Waals surface area contributed by atoms with Crippen molar-refractivity contribution in [3.63, 3.8) is 0 Å². The minimum atomic E-state index is -0.469. The van der Waals surface area contributed by atoms with E-state index < -0.39 is 11.7 Å². The number of alkyl carbamates (subject to hydrolysis) is 1. The summed E-state index contributed by atoms with van der Waals surface area (Å²) < 4.78 is 9.97. The molecule has 1 aromatic rings. The lowest BCUT2D eigenvalue weighted by Gasteiger charge is -2.19. The molecule has 0 saturated carbocycles. The SMILES string of the molecule is Cc1noc(NCCCNC(=O)OC(C)(C)C)n1. The number of nitrogens with one attached hydrogen (secondary N) is 2. The van der Waals surface area contributed by atoms with Gasteiger partial charge in [0.25, 0.3) is 0 Å². The maximum atomic E-state index is 11.3. The molecule has 0 aliphatic carbocycles. The predicted octanol–water partition coefficient (Wildman–Crippen LogP) is 1.70. The average molecular weight is 256 g/mol. The maximum Gasteiger partial charge on any atom is 0.407 e. The van der Waals surface area contributed by atoms with Crippen molar-refractivity contribution < 1.29 is 14.1 Å². The number of amides is 1. The number of hydrogen-bond acceptors (Lipinski definition) is 6. The van der Waals surface area contributed by atoms with Crippen LogP contribution in [0.25, 0.3) is 0 Å². The fraction of sp³-hybridized carbons (Fsp3) is 0.727. The van der Waals surface area contributed by atoms with Crippen LogP contribution in [0.3, 0.4) is 0 Å². The first kappa shape index (κ1) is 14.3. The van der Waals surface area contributed by atoms with Gasteiger partial charge in [-0.25, -0.2) is 4.79 Å². The molecule has 102 valence electrons. The molecule has 0 aliphatic rings. The molecule has 18 heavy (non-hydrogen) atoms. The summed E-state index contributed by atoms with van der Waals surface area (Å²) in [5, 5.41) is 9.26. The number of rotatable bonds is 5. The van der Waals surface area contributed by atoms with E-state index in [4.69, 9.17) is 9.26 Å². The molecule has 0 spiro atoms. The van der Waals surface area contributed by atoms with Gasteiger partial charge in [0.2, 0.25) is 0 Å². The summed E-state index contributed by atoms with van der Waals surface area (Å²) in [5.74, 6) is 0.587. The number of aryl methyl sites for hydroxylation is 1. The third-order valence-corrected chi connectivity index (χ3v) is 1.83. The highest BCUT2D eigenvalue weighted by molar-refractivity contribution is 5.67. The first-order chi connectivity index (χ1) is 8.37. The Morgan fingerprint density at radius 3 is 2.67 bits per heavy atom. The van der Waals surface area contributed by atoms with Crippen LogP contribution in [0.5, 0.6) is 0 Å². The van der Waals surface area contributed by atoms with E-state index in [0.29, 0.717) is 24.9 Å². The van der Waals surface area contributed by atoms with Crippen molar-refractivity contribution in [1.29, 1.82) is 0 Å². The lowest BCUT2D eigenvalue weighted by molar-refractivity contribution is 0.0528. The third-order valence-electron chi connectivity index (χ3n) is 1.83. The molecule has 7 nitrogen and oxygen atoms in total.